The maximum absolute atomic E-state index is 12.5. The largest absolute Gasteiger partial charge is 0.374 e. The molecular formula is C27H35N7O. The van der Waals surface area contributed by atoms with Gasteiger partial charge in [0.1, 0.15) is 0 Å². The number of hydrogen-bond acceptors (Lipinski definition) is 5. The second kappa shape index (κ2) is 9.70. The van der Waals surface area contributed by atoms with Gasteiger partial charge in [-0.15, -0.1) is 0 Å². The highest BCUT2D eigenvalue weighted by molar-refractivity contribution is 6.13. The highest BCUT2D eigenvalue weighted by atomic mass is 16.1. The van der Waals surface area contributed by atoms with Gasteiger partial charge < -0.3 is 25.1 Å². The number of nitrogens with one attached hydrogen (secondary N) is 1. The van der Waals surface area contributed by atoms with E-state index in [9.17, 15) is 4.79 Å². The van der Waals surface area contributed by atoms with Crippen molar-refractivity contribution >= 4 is 33.7 Å². The van der Waals surface area contributed by atoms with E-state index in [1.165, 1.54) is 37.6 Å². The van der Waals surface area contributed by atoms with E-state index >= 15 is 0 Å². The lowest BCUT2D eigenvalue weighted by molar-refractivity contribution is 0.100. The zero-order chi connectivity index (χ0) is 24.5. The number of imidazole rings is 2. The molecule has 8 heteroatoms. The second-order valence-electron chi connectivity index (χ2n) is 10.0. The average molecular weight is 474 g/mol. The molecule has 35 heavy (non-hydrogen) atoms. The zero-order valence-electron chi connectivity index (χ0n) is 20.9. The highest BCUT2D eigenvalue weighted by Crippen LogP contribution is 2.37. The van der Waals surface area contributed by atoms with Gasteiger partial charge in [0.15, 0.2) is 0 Å². The van der Waals surface area contributed by atoms with Crippen molar-refractivity contribution < 1.29 is 4.79 Å². The molecule has 1 amide bonds. The summed E-state index contributed by atoms with van der Waals surface area (Å²) in [4.78, 5) is 29.3. The van der Waals surface area contributed by atoms with Crippen molar-refractivity contribution in [3.8, 4) is 11.1 Å². The van der Waals surface area contributed by atoms with E-state index in [1.54, 1.807) is 6.33 Å². The summed E-state index contributed by atoms with van der Waals surface area (Å²) >= 11 is 0. The maximum atomic E-state index is 12.5. The summed E-state index contributed by atoms with van der Waals surface area (Å²) in [6.45, 7) is 1.78. The van der Waals surface area contributed by atoms with Crippen LogP contribution in [0.4, 0.5) is 5.69 Å². The van der Waals surface area contributed by atoms with Gasteiger partial charge in [-0.25, -0.2) is 9.97 Å². The highest BCUT2D eigenvalue weighted by Gasteiger charge is 2.22. The third-order valence-corrected chi connectivity index (χ3v) is 7.29. The lowest BCUT2D eigenvalue weighted by Crippen LogP contribution is -2.26. The molecule has 0 unspecified atom stereocenters. The van der Waals surface area contributed by atoms with Crippen molar-refractivity contribution in [2.24, 2.45) is 5.73 Å². The molecule has 0 saturated heterocycles. The van der Waals surface area contributed by atoms with Crippen LogP contribution in [-0.2, 0) is 0 Å². The van der Waals surface area contributed by atoms with Crippen LogP contribution >= 0.6 is 0 Å². The topological polar surface area (TPSA) is 96.1 Å². The Hall–Kier alpha value is -3.39. The minimum Gasteiger partial charge on any atom is -0.374 e. The smallest absolute Gasteiger partial charge is 0.253 e. The number of fused-ring (bicyclic) bond motifs is 2. The van der Waals surface area contributed by atoms with Gasteiger partial charge in [-0.05, 0) is 63.7 Å². The minimum atomic E-state index is -0.457. The molecular weight excluding hydrogens is 438 g/mol. The Kier molecular flexibility index (Phi) is 6.47. The zero-order valence-corrected chi connectivity index (χ0v) is 20.9. The number of H-pyrrole nitrogens is 1. The molecule has 5 rings (SSSR count). The summed E-state index contributed by atoms with van der Waals surface area (Å²) in [6.07, 6.45) is 11.0. The van der Waals surface area contributed by atoms with Crippen LogP contribution in [0.15, 0.2) is 36.9 Å². The number of hydrogen-bond donors (Lipinski definition) is 2. The monoisotopic (exact) mass is 473 g/mol. The summed E-state index contributed by atoms with van der Waals surface area (Å²) in [5, 5.41) is 0. The molecule has 0 atom stereocenters. The number of aromatic nitrogens is 4. The van der Waals surface area contributed by atoms with Crippen LogP contribution in [0.5, 0.6) is 0 Å². The molecule has 0 radical (unpaired) electrons. The van der Waals surface area contributed by atoms with Crippen molar-refractivity contribution in [1.82, 2.24) is 24.4 Å². The first-order valence-electron chi connectivity index (χ1n) is 12.6. The van der Waals surface area contributed by atoms with E-state index in [0.717, 1.165) is 47.4 Å². The lowest BCUT2D eigenvalue weighted by atomic mass is 9.95. The Balaban J connectivity index is 1.57. The second-order valence-corrected chi connectivity index (χ2v) is 10.0. The number of primary amides is 1. The summed E-state index contributed by atoms with van der Waals surface area (Å²) in [6, 6.07) is 9.05. The number of rotatable bonds is 8. The number of amides is 1. The van der Waals surface area contributed by atoms with Gasteiger partial charge in [-0.2, -0.15) is 0 Å². The van der Waals surface area contributed by atoms with Crippen molar-refractivity contribution in [2.75, 3.05) is 39.1 Å². The Morgan fingerprint density at radius 1 is 1.11 bits per heavy atom. The number of anilines is 1. The number of aromatic amines is 1. The SMILES string of the molecule is CN(C)CCCN(C)c1cc(-c2ccc3c(c2)ncn3C2CCCCC2)c2nc[nH]c2c1C(N)=O. The number of nitrogens with two attached hydrogens (primary N) is 1. The fourth-order valence-corrected chi connectivity index (χ4v) is 5.46. The van der Waals surface area contributed by atoms with Crippen molar-refractivity contribution in [3.63, 3.8) is 0 Å². The van der Waals surface area contributed by atoms with E-state index < -0.39 is 5.91 Å². The fourth-order valence-electron chi connectivity index (χ4n) is 5.46. The Morgan fingerprint density at radius 3 is 2.66 bits per heavy atom. The molecule has 0 spiro atoms. The van der Waals surface area contributed by atoms with Crippen LogP contribution in [0.3, 0.4) is 0 Å². The van der Waals surface area contributed by atoms with E-state index in [-0.39, 0.29) is 0 Å². The summed E-state index contributed by atoms with van der Waals surface area (Å²) < 4.78 is 2.35. The molecule has 8 nitrogen and oxygen atoms in total. The molecule has 0 bridgehead atoms. The molecule has 2 aromatic carbocycles. The van der Waals surface area contributed by atoms with Crippen molar-refractivity contribution in [2.45, 2.75) is 44.6 Å². The predicted molar refractivity (Wildman–Crippen MR) is 142 cm³/mol. The van der Waals surface area contributed by atoms with Gasteiger partial charge in [0.2, 0.25) is 0 Å². The first-order valence-corrected chi connectivity index (χ1v) is 12.6. The standard InChI is InChI=1S/C27H35N7O/c1-32(2)12-7-13-33(3)23-15-20(25-26(30-16-29-25)24(23)27(28)35)18-10-11-22-21(14-18)31-17-34(22)19-8-5-4-6-9-19/h10-11,14-17,19H,4-9,12-13H2,1-3H3,(H2,28,35)(H,29,30). The molecule has 1 saturated carbocycles. The van der Waals surface area contributed by atoms with E-state index in [1.807, 2.05) is 13.4 Å². The number of benzene rings is 2. The van der Waals surface area contributed by atoms with Gasteiger partial charge in [-0.3, -0.25) is 4.79 Å². The summed E-state index contributed by atoms with van der Waals surface area (Å²) in [5.74, 6) is -0.457. The molecule has 3 N–H and O–H groups in total. The summed E-state index contributed by atoms with van der Waals surface area (Å²) in [5.41, 5.74) is 12.7. The average Bonchev–Trinajstić information content (AvgIpc) is 3.50. The van der Waals surface area contributed by atoms with Crippen LogP contribution in [0, 0.1) is 0 Å². The Morgan fingerprint density at radius 2 is 1.91 bits per heavy atom. The minimum absolute atomic E-state index is 0.457. The normalized spacial score (nSPS) is 14.9. The van der Waals surface area contributed by atoms with Gasteiger partial charge >= 0.3 is 0 Å². The Labute approximate surface area is 206 Å². The third-order valence-electron chi connectivity index (χ3n) is 7.29. The van der Waals surface area contributed by atoms with Gasteiger partial charge in [0.05, 0.1) is 46.0 Å². The molecule has 2 aromatic heterocycles. The van der Waals surface area contributed by atoms with Gasteiger partial charge in [0.25, 0.3) is 5.91 Å². The van der Waals surface area contributed by atoms with Crippen LogP contribution < -0.4 is 10.6 Å². The van der Waals surface area contributed by atoms with E-state index in [2.05, 4.69) is 62.7 Å². The lowest BCUT2D eigenvalue weighted by Gasteiger charge is -2.24. The third kappa shape index (κ3) is 4.50. The fraction of sp³-hybridized carbons (Fsp3) is 0.444. The number of nitrogens with zero attached hydrogens (tertiary/aromatic N) is 5. The first kappa shape index (κ1) is 23.4. The molecule has 2 heterocycles. The van der Waals surface area contributed by atoms with Crippen LogP contribution in [0.1, 0.15) is 54.9 Å². The van der Waals surface area contributed by atoms with Crippen molar-refractivity contribution in [3.05, 3.63) is 42.5 Å². The van der Waals surface area contributed by atoms with Gasteiger partial charge in [-0.1, -0.05) is 25.3 Å². The molecule has 0 aliphatic heterocycles. The molecule has 1 aliphatic rings. The maximum Gasteiger partial charge on any atom is 0.253 e. The van der Waals surface area contributed by atoms with Crippen LogP contribution in [0.2, 0.25) is 0 Å². The van der Waals surface area contributed by atoms with E-state index in [0.29, 0.717) is 17.1 Å². The molecule has 184 valence electrons. The number of carbonyl (C=O) groups is 1. The molecule has 1 fully saturated rings. The summed E-state index contributed by atoms with van der Waals surface area (Å²) in [7, 11) is 6.14. The Bertz CT molecular complexity index is 1350. The number of carbonyl (C=O) groups excluding carboxylic acids is 1. The first-order chi connectivity index (χ1) is 16.9. The quantitative estimate of drug-likeness (QED) is 0.391. The van der Waals surface area contributed by atoms with E-state index in [4.69, 9.17) is 10.7 Å². The van der Waals surface area contributed by atoms with Crippen molar-refractivity contribution in [1.29, 1.82) is 0 Å². The van der Waals surface area contributed by atoms with Gasteiger partial charge in [0, 0.05) is 25.2 Å². The molecule has 1 aliphatic carbocycles. The van der Waals surface area contributed by atoms with Crippen LogP contribution in [0.25, 0.3) is 33.2 Å². The predicted octanol–water partition coefficient (Wildman–Crippen LogP) is 4.57. The molecule has 4 aromatic rings. The van der Waals surface area contributed by atoms with Crippen LogP contribution in [-0.4, -0.2) is 64.6 Å².